The Morgan fingerprint density at radius 2 is 1.92 bits per heavy atom. The van der Waals surface area contributed by atoms with Gasteiger partial charge in [0.25, 0.3) is 0 Å². The van der Waals surface area contributed by atoms with Gasteiger partial charge in [-0.2, -0.15) is 13.2 Å². The lowest BCUT2D eigenvalue weighted by Gasteiger charge is -2.39. The van der Waals surface area contributed by atoms with E-state index in [-0.39, 0.29) is 18.4 Å². The van der Waals surface area contributed by atoms with Crippen LogP contribution in [0.5, 0.6) is 5.88 Å². The van der Waals surface area contributed by atoms with Crippen LogP contribution in [-0.4, -0.2) is 63.4 Å². The van der Waals surface area contributed by atoms with Crippen molar-refractivity contribution in [3.05, 3.63) is 18.1 Å². The fourth-order valence-electron chi connectivity index (χ4n) is 2.35. The molecule has 10 heteroatoms. The van der Waals surface area contributed by atoms with Gasteiger partial charge in [0.05, 0.1) is 25.1 Å². The second kappa shape index (κ2) is 9.27. The molecule has 1 aromatic heterocycles. The van der Waals surface area contributed by atoms with E-state index in [1.165, 1.54) is 0 Å². The van der Waals surface area contributed by atoms with Crippen LogP contribution in [0.15, 0.2) is 12.4 Å². The van der Waals surface area contributed by atoms with Crippen molar-refractivity contribution in [1.29, 1.82) is 0 Å². The Kier molecular flexibility index (Phi) is 8.00. The van der Waals surface area contributed by atoms with E-state index in [0.29, 0.717) is 6.20 Å². The number of nitrogens with zero attached hydrogens (tertiary/aromatic N) is 2. The minimum atomic E-state index is -4.64. The summed E-state index contributed by atoms with van der Waals surface area (Å²) in [6.45, 7) is 3.74. The van der Waals surface area contributed by atoms with Crippen molar-refractivity contribution >= 4 is 0 Å². The summed E-state index contributed by atoms with van der Waals surface area (Å²) in [5.41, 5.74) is -1.20. The lowest BCUT2D eigenvalue weighted by atomic mass is 9.90. The summed E-state index contributed by atoms with van der Waals surface area (Å²) in [4.78, 5) is 6.73. The van der Waals surface area contributed by atoms with Crippen LogP contribution in [0, 0.1) is 5.92 Å². The summed E-state index contributed by atoms with van der Waals surface area (Å²) < 4.78 is 48.5. The highest BCUT2D eigenvalue weighted by Crippen LogP contribution is 2.29. The van der Waals surface area contributed by atoms with Crippen molar-refractivity contribution in [2.24, 2.45) is 5.92 Å². The first-order chi connectivity index (χ1) is 11.7. The molecule has 25 heavy (non-hydrogen) atoms. The molecule has 144 valence electrons. The van der Waals surface area contributed by atoms with Crippen LogP contribution in [0.3, 0.4) is 0 Å². The van der Waals surface area contributed by atoms with E-state index in [4.69, 9.17) is 14.6 Å². The monoisotopic (exact) mass is 368 g/mol. The Hall–Kier alpha value is -1.49. The van der Waals surface area contributed by atoms with E-state index in [2.05, 4.69) is 9.97 Å². The average molecular weight is 368 g/mol. The molecule has 0 radical (unpaired) electrons. The summed E-state index contributed by atoms with van der Waals surface area (Å²) in [5, 5.41) is 27.2. The maximum atomic E-state index is 12.6. The van der Waals surface area contributed by atoms with Crippen LogP contribution in [0.1, 0.15) is 26.0 Å². The van der Waals surface area contributed by atoms with Gasteiger partial charge in [0.2, 0.25) is 5.88 Å². The van der Waals surface area contributed by atoms with Gasteiger partial charge in [0.15, 0.2) is 11.8 Å². The molecule has 2 heterocycles. The molecule has 0 spiro atoms. The maximum absolute atomic E-state index is 12.6. The first-order valence-electron chi connectivity index (χ1n) is 7.72. The van der Waals surface area contributed by atoms with Crippen molar-refractivity contribution in [1.82, 2.24) is 9.97 Å². The molecule has 2 rings (SSSR count). The number of halogens is 3. The van der Waals surface area contributed by atoms with Crippen molar-refractivity contribution in [2.45, 2.75) is 50.9 Å². The molecule has 0 bridgehead atoms. The van der Waals surface area contributed by atoms with Gasteiger partial charge in [0.1, 0.15) is 12.2 Å². The number of aliphatic hydroxyl groups is 3. The molecule has 5 atom stereocenters. The highest BCUT2D eigenvalue weighted by Gasteiger charge is 2.42. The molecular weight excluding hydrogens is 345 g/mol. The van der Waals surface area contributed by atoms with E-state index >= 15 is 0 Å². The van der Waals surface area contributed by atoms with Gasteiger partial charge < -0.3 is 24.8 Å². The van der Waals surface area contributed by atoms with Crippen molar-refractivity contribution in [3.8, 4) is 5.88 Å². The van der Waals surface area contributed by atoms with Gasteiger partial charge in [-0.25, -0.2) is 4.98 Å². The van der Waals surface area contributed by atoms with E-state index in [0.717, 1.165) is 19.7 Å². The molecule has 1 aliphatic rings. The molecule has 0 aromatic carbocycles. The van der Waals surface area contributed by atoms with Crippen LogP contribution in [0.25, 0.3) is 0 Å². The van der Waals surface area contributed by atoms with Crippen LogP contribution < -0.4 is 4.74 Å². The van der Waals surface area contributed by atoms with E-state index in [1.54, 1.807) is 0 Å². The second-order valence-electron chi connectivity index (χ2n) is 5.56. The lowest BCUT2D eigenvalue weighted by Crippen LogP contribution is -2.56. The SMILES string of the molecule is CCC(C)C1OCC(Oc2cncc(C(F)(F)F)n2)C(O)C1O.CO. The van der Waals surface area contributed by atoms with Crippen LogP contribution in [0.2, 0.25) is 0 Å². The molecular formula is C15H23F3N2O5. The zero-order valence-corrected chi connectivity index (χ0v) is 14.1. The largest absolute Gasteiger partial charge is 0.468 e. The number of alkyl halides is 3. The molecule has 5 unspecified atom stereocenters. The van der Waals surface area contributed by atoms with Crippen LogP contribution >= 0.6 is 0 Å². The van der Waals surface area contributed by atoms with Crippen molar-refractivity contribution in [3.63, 3.8) is 0 Å². The smallest absolute Gasteiger partial charge is 0.435 e. The summed E-state index contributed by atoms with van der Waals surface area (Å²) in [5.74, 6) is -0.365. The van der Waals surface area contributed by atoms with Gasteiger partial charge in [-0.05, 0) is 5.92 Å². The Bertz CT molecular complexity index is 532. The van der Waals surface area contributed by atoms with Crippen LogP contribution in [0.4, 0.5) is 13.2 Å². The fourth-order valence-corrected chi connectivity index (χ4v) is 2.35. The topological polar surface area (TPSA) is 105 Å². The maximum Gasteiger partial charge on any atom is 0.435 e. The molecule has 7 nitrogen and oxygen atoms in total. The molecule has 1 fully saturated rings. The molecule has 0 saturated carbocycles. The molecule has 1 aromatic rings. The quantitative estimate of drug-likeness (QED) is 0.729. The predicted octanol–water partition coefficient (Wildman–Crippen LogP) is 1.02. The van der Waals surface area contributed by atoms with E-state index in [9.17, 15) is 23.4 Å². The Morgan fingerprint density at radius 1 is 1.28 bits per heavy atom. The molecule has 1 aliphatic heterocycles. The molecule has 1 saturated heterocycles. The highest BCUT2D eigenvalue weighted by molar-refractivity contribution is 5.11. The summed E-state index contributed by atoms with van der Waals surface area (Å²) in [7, 11) is 1.00. The molecule has 0 aliphatic carbocycles. The van der Waals surface area contributed by atoms with Crippen molar-refractivity contribution in [2.75, 3.05) is 13.7 Å². The summed E-state index contributed by atoms with van der Waals surface area (Å²) in [6, 6.07) is 0. The number of hydrogen-bond donors (Lipinski definition) is 3. The van der Waals surface area contributed by atoms with Gasteiger partial charge in [-0.1, -0.05) is 20.3 Å². The third-order valence-electron chi connectivity index (χ3n) is 3.90. The number of rotatable bonds is 4. The number of ether oxygens (including phenoxy) is 2. The second-order valence-corrected chi connectivity index (χ2v) is 5.56. The highest BCUT2D eigenvalue weighted by atomic mass is 19.4. The Balaban J connectivity index is 0.00000151. The predicted molar refractivity (Wildman–Crippen MR) is 80.8 cm³/mol. The number of hydrogen-bond acceptors (Lipinski definition) is 7. The standard InChI is InChI=1S/C14H19F3N2O4.CH4O/c1-3-7(2)13-12(21)11(20)8(6-22-13)23-10-5-18-4-9(19-10)14(15,16)17;1-2/h4-5,7-8,11-13,20-21H,3,6H2,1-2H3;2H,1H3. The lowest BCUT2D eigenvalue weighted by molar-refractivity contribution is -0.193. The first-order valence-corrected chi connectivity index (χ1v) is 7.72. The van der Waals surface area contributed by atoms with Gasteiger partial charge in [0, 0.05) is 7.11 Å². The Morgan fingerprint density at radius 3 is 2.48 bits per heavy atom. The fraction of sp³-hybridized carbons (Fsp3) is 0.733. The van der Waals surface area contributed by atoms with Gasteiger partial charge in [-0.15, -0.1) is 0 Å². The number of aliphatic hydroxyl groups excluding tert-OH is 3. The molecule has 3 N–H and O–H groups in total. The zero-order chi connectivity index (χ0) is 19.2. The van der Waals surface area contributed by atoms with E-state index < -0.39 is 36.3 Å². The number of aromatic nitrogens is 2. The third-order valence-corrected chi connectivity index (χ3v) is 3.90. The summed E-state index contributed by atoms with van der Waals surface area (Å²) in [6.07, 6.45) is -6.37. The molecule has 0 amide bonds. The first kappa shape index (κ1) is 21.6. The van der Waals surface area contributed by atoms with E-state index in [1.807, 2.05) is 13.8 Å². The Labute approximate surface area is 143 Å². The van der Waals surface area contributed by atoms with Crippen LogP contribution in [-0.2, 0) is 10.9 Å². The minimum absolute atomic E-state index is 0.0222. The van der Waals surface area contributed by atoms with Gasteiger partial charge >= 0.3 is 6.18 Å². The zero-order valence-electron chi connectivity index (χ0n) is 14.1. The summed E-state index contributed by atoms with van der Waals surface area (Å²) >= 11 is 0. The van der Waals surface area contributed by atoms with Crippen molar-refractivity contribution < 1.29 is 38.0 Å². The third kappa shape index (κ3) is 5.50. The average Bonchev–Trinajstić information content (AvgIpc) is 2.60. The normalized spacial score (nSPS) is 27.9. The van der Waals surface area contributed by atoms with Gasteiger partial charge in [-0.3, -0.25) is 4.98 Å². The minimum Gasteiger partial charge on any atom is -0.468 e.